The van der Waals surface area contributed by atoms with Crippen molar-refractivity contribution in [3.05, 3.63) is 0 Å². The van der Waals surface area contributed by atoms with Crippen molar-refractivity contribution in [2.45, 2.75) is 129 Å². The molecule has 2 nitrogen and oxygen atoms in total. The molecule has 1 rings (SSSR count). The molecule has 136 valence electrons. The van der Waals surface area contributed by atoms with E-state index in [9.17, 15) is 4.79 Å². The Hall–Kier alpha value is -0.530. The van der Waals surface area contributed by atoms with E-state index in [1.807, 2.05) is 0 Å². The van der Waals surface area contributed by atoms with Crippen molar-refractivity contribution in [3.8, 4) is 0 Å². The highest BCUT2D eigenvalue weighted by atomic mass is 16.5. The van der Waals surface area contributed by atoms with Crippen molar-refractivity contribution in [3.63, 3.8) is 0 Å². The second kappa shape index (κ2) is 15.0. The summed E-state index contributed by atoms with van der Waals surface area (Å²) < 4.78 is 5.48. The first-order valence-corrected chi connectivity index (χ1v) is 10.5. The van der Waals surface area contributed by atoms with Crippen molar-refractivity contribution >= 4 is 5.97 Å². The maximum atomic E-state index is 11.7. The lowest BCUT2D eigenvalue weighted by molar-refractivity contribution is -0.148. The molecule has 0 unspecified atom stereocenters. The third-order valence-electron chi connectivity index (χ3n) is 5.08. The highest BCUT2D eigenvalue weighted by molar-refractivity contribution is 5.69. The van der Waals surface area contributed by atoms with E-state index in [1.54, 1.807) is 0 Å². The standard InChI is InChI=1S/C21H40O2/c1-2-3-4-5-6-7-8-9-10-11-12-13-14-19-21(22)23-20-17-15-16-18-20/h20H,2-19H2,1H3. The number of carbonyl (C=O) groups is 1. The van der Waals surface area contributed by atoms with Gasteiger partial charge in [-0.3, -0.25) is 4.79 Å². The molecule has 0 spiro atoms. The summed E-state index contributed by atoms with van der Waals surface area (Å²) in [7, 11) is 0. The van der Waals surface area contributed by atoms with Crippen molar-refractivity contribution in [2.75, 3.05) is 0 Å². The van der Waals surface area contributed by atoms with E-state index in [0.29, 0.717) is 6.42 Å². The van der Waals surface area contributed by atoms with E-state index in [1.165, 1.54) is 89.9 Å². The molecule has 0 saturated heterocycles. The molecule has 2 heteroatoms. The van der Waals surface area contributed by atoms with Crippen LogP contribution in [0.2, 0.25) is 0 Å². The number of rotatable bonds is 15. The number of hydrogen-bond donors (Lipinski definition) is 0. The summed E-state index contributed by atoms with van der Waals surface area (Å²) in [6, 6.07) is 0. The van der Waals surface area contributed by atoms with Gasteiger partial charge in [-0.1, -0.05) is 84.0 Å². The minimum atomic E-state index is 0.0416. The lowest BCUT2D eigenvalue weighted by Crippen LogP contribution is -2.14. The lowest BCUT2D eigenvalue weighted by Gasteiger charge is -2.10. The highest BCUT2D eigenvalue weighted by Gasteiger charge is 2.18. The molecule has 0 aromatic heterocycles. The topological polar surface area (TPSA) is 26.3 Å². The van der Waals surface area contributed by atoms with Gasteiger partial charge in [-0.2, -0.15) is 0 Å². The minimum Gasteiger partial charge on any atom is -0.462 e. The monoisotopic (exact) mass is 324 g/mol. The Labute approximate surface area is 144 Å². The average Bonchev–Trinajstić information content (AvgIpc) is 3.04. The molecule has 1 aliphatic carbocycles. The molecule has 0 aliphatic heterocycles. The summed E-state index contributed by atoms with van der Waals surface area (Å²) in [6.07, 6.45) is 23.0. The molecule has 1 aliphatic rings. The van der Waals surface area contributed by atoms with Crippen LogP contribution in [0.4, 0.5) is 0 Å². The Kier molecular flexibility index (Phi) is 13.4. The van der Waals surface area contributed by atoms with E-state index in [0.717, 1.165) is 19.3 Å². The molecular weight excluding hydrogens is 284 g/mol. The number of unbranched alkanes of at least 4 members (excludes halogenated alkanes) is 12. The quantitative estimate of drug-likeness (QED) is 0.240. The van der Waals surface area contributed by atoms with Crippen LogP contribution in [0.5, 0.6) is 0 Å². The van der Waals surface area contributed by atoms with Gasteiger partial charge < -0.3 is 4.74 Å². The molecule has 0 aromatic rings. The summed E-state index contributed by atoms with van der Waals surface area (Å²) in [5, 5.41) is 0. The van der Waals surface area contributed by atoms with E-state index in [-0.39, 0.29) is 12.1 Å². The third-order valence-corrected chi connectivity index (χ3v) is 5.08. The fourth-order valence-corrected chi connectivity index (χ4v) is 3.54. The average molecular weight is 325 g/mol. The summed E-state index contributed by atoms with van der Waals surface area (Å²) in [5.41, 5.74) is 0. The Morgan fingerprint density at radius 3 is 1.65 bits per heavy atom. The molecule has 0 heterocycles. The normalized spacial score (nSPS) is 15.2. The highest BCUT2D eigenvalue weighted by Crippen LogP contribution is 2.21. The number of ether oxygens (including phenoxy) is 1. The van der Waals surface area contributed by atoms with Crippen LogP contribution in [0.15, 0.2) is 0 Å². The van der Waals surface area contributed by atoms with Crippen LogP contribution in [0, 0.1) is 0 Å². The molecule has 0 aromatic carbocycles. The predicted molar refractivity (Wildman–Crippen MR) is 98.7 cm³/mol. The predicted octanol–water partition coefficient (Wildman–Crippen LogP) is 6.95. The molecule has 0 N–H and O–H groups in total. The van der Waals surface area contributed by atoms with Crippen LogP contribution in [0.3, 0.4) is 0 Å². The molecule has 23 heavy (non-hydrogen) atoms. The van der Waals surface area contributed by atoms with Gasteiger partial charge in [0.2, 0.25) is 0 Å². The van der Waals surface area contributed by atoms with Crippen LogP contribution in [-0.4, -0.2) is 12.1 Å². The Morgan fingerprint density at radius 2 is 1.17 bits per heavy atom. The number of carbonyl (C=O) groups excluding carboxylic acids is 1. The van der Waals surface area contributed by atoms with Crippen LogP contribution < -0.4 is 0 Å². The summed E-state index contributed by atoms with van der Waals surface area (Å²) in [5.74, 6) is 0.0416. The fraction of sp³-hybridized carbons (Fsp3) is 0.952. The van der Waals surface area contributed by atoms with Gasteiger partial charge in [0.1, 0.15) is 6.10 Å². The van der Waals surface area contributed by atoms with Crippen LogP contribution in [0.1, 0.15) is 122 Å². The zero-order chi connectivity index (χ0) is 16.6. The molecule has 1 saturated carbocycles. The van der Waals surface area contributed by atoms with Gasteiger partial charge in [0, 0.05) is 6.42 Å². The van der Waals surface area contributed by atoms with E-state index in [4.69, 9.17) is 4.74 Å². The second-order valence-electron chi connectivity index (χ2n) is 7.39. The molecule has 1 fully saturated rings. The van der Waals surface area contributed by atoms with Gasteiger partial charge in [0.25, 0.3) is 0 Å². The first-order chi connectivity index (χ1) is 11.3. The van der Waals surface area contributed by atoms with Crippen molar-refractivity contribution in [2.24, 2.45) is 0 Å². The zero-order valence-corrected chi connectivity index (χ0v) is 15.6. The van der Waals surface area contributed by atoms with Gasteiger partial charge in [-0.15, -0.1) is 0 Å². The summed E-state index contributed by atoms with van der Waals surface area (Å²) in [6.45, 7) is 2.28. The van der Waals surface area contributed by atoms with E-state index in [2.05, 4.69) is 6.92 Å². The van der Waals surface area contributed by atoms with E-state index < -0.39 is 0 Å². The zero-order valence-electron chi connectivity index (χ0n) is 15.6. The van der Waals surface area contributed by atoms with Crippen LogP contribution in [0.25, 0.3) is 0 Å². The Bertz CT molecular complexity index is 269. The van der Waals surface area contributed by atoms with Gasteiger partial charge in [0.05, 0.1) is 0 Å². The SMILES string of the molecule is CCCCCCCCCCCCCCCC(=O)OC1CCCC1. The van der Waals surface area contributed by atoms with Gasteiger partial charge in [0.15, 0.2) is 0 Å². The molecule has 0 bridgehead atoms. The number of esters is 1. The molecular formula is C21H40O2. The summed E-state index contributed by atoms with van der Waals surface area (Å²) >= 11 is 0. The minimum absolute atomic E-state index is 0.0416. The maximum Gasteiger partial charge on any atom is 0.306 e. The summed E-state index contributed by atoms with van der Waals surface area (Å²) in [4.78, 5) is 11.7. The first-order valence-electron chi connectivity index (χ1n) is 10.5. The Balaban J connectivity index is 1.73. The van der Waals surface area contributed by atoms with Gasteiger partial charge in [-0.05, 0) is 32.1 Å². The van der Waals surface area contributed by atoms with Crippen molar-refractivity contribution in [1.82, 2.24) is 0 Å². The van der Waals surface area contributed by atoms with Crippen molar-refractivity contribution < 1.29 is 9.53 Å². The lowest BCUT2D eigenvalue weighted by atomic mass is 10.0. The van der Waals surface area contributed by atoms with Crippen LogP contribution in [-0.2, 0) is 9.53 Å². The number of hydrogen-bond acceptors (Lipinski definition) is 2. The van der Waals surface area contributed by atoms with Gasteiger partial charge in [-0.25, -0.2) is 0 Å². The fourth-order valence-electron chi connectivity index (χ4n) is 3.54. The van der Waals surface area contributed by atoms with Gasteiger partial charge >= 0.3 is 5.97 Å². The van der Waals surface area contributed by atoms with E-state index >= 15 is 0 Å². The second-order valence-corrected chi connectivity index (χ2v) is 7.39. The smallest absolute Gasteiger partial charge is 0.306 e. The molecule has 0 radical (unpaired) electrons. The maximum absolute atomic E-state index is 11.7. The van der Waals surface area contributed by atoms with Crippen molar-refractivity contribution in [1.29, 1.82) is 0 Å². The first kappa shape index (κ1) is 20.5. The molecule has 0 amide bonds. The third kappa shape index (κ3) is 12.5. The Morgan fingerprint density at radius 1 is 0.739 bits per heavy atom. The van der Waals surface area contributed by atoms with Crippen LogP contribution >= 0.6 is 0 Å². The largest absolute Gasteiger partial charge is 0.462 e. The molecule has 0 atom stereocenters.